The van der Waals surface area contributed by atoms with Crippen molar-refractivity contribution in [3.63, 3.8) is 0 Å². The van der Waals surface area contributed by atoms with E-state index in [0.29, 0.717) is 5.56 Å². The molecule has 0 saturated carbocycles. The minimum atomic E-state index is -0.989. The van der Waals surface area contributed by atoms with Gasteiger partial charge >= 0.3 is 5.97 Å². The molecule has 1 rings (SSSR count). The second-order valence-corrected chi connectivity index (χ2v) is 5.84. The Morgan fingerprint density at radius 1 is 1.45 bits per heavy atom. The Morgan fingerprint density at radius 2 is 2.10 bits per heavy atom. The number of carbonyl (C=O) groups is 2. The number of rotatable bonds is 6. The van der Waals surface area contributed by atoms with E-state index in [9.17, 15) is 9.59 Å². The van der Waals surface area contributed by atoms with Crippen LogP contribution in [0.25, 0.3) is 0 Å². The smallest absolute Gasteiger partial charge is 0.305 e. The molecule has 0 bridgehead atoms. The topological polar surface area (TPSA) is 75.6 Å². The summed E-state index contributed by atoms with van der Waals surface area (Å²) in [5.41, 5.74) is 0.473. The summed E-state index contributed by atoms with van der Waals surface area (Å²) in [4.78, 5) is 23.1. The minimum Gasteiger partial charge on any atom is -0.481 e. The Morgan fingerprint density at radius 3 is 2.60 bits per heavy atom. The van der Waals surface area contributed by atoms with Gasteiger partial charge in [-0.3, -0.25) is 9.59 Å². The van der Waals surface area contributed by atoms with Gasteiger partial charge in [0.1, 0.15) is 0 Å². The molecule has 0 radical (unpaired) electrons. The summed E-state index contributed by atoms with van der Waals surface area (Å²) < 4.78 is 5.92. The summed E-state index contributed by atoms with van der Waals surface area (Å²) in [5, 5.41) is 11.7. The summed E-state index contributed by atoms with van der Waals surface area (Å²) in [6, 6.07) is 5.21. The number of aryl methyl sites for hydroxylation is 1. The molecule has 0 saturated heterocycles. The summed E-state index contributed by atoms with van der Waals surface area (Å²) in [7, 11) is 1.47. The molecule has 0 aliphatic carbocycles. The molecule has 0 heterocycles. The zero-order valence-electron chi connectivity index (χ0n) is 11.7. The number of aliphatic carboxylic acids is 1. The van der Waals surface area contributed by atoms with E-state index in [1.165, 1.54) is 7.11 Å². The van der Waals surface area contributed by atoms with Gasteiger partial charge < -0.3 is 15.2 Å². The third-order valence-corrected chi connectivity index (χ3v) is 3.73. The van der Waals surface area contributed by atoms with E-state index in [1.54, 1.807) is 25.1 Å². The maximum atomic E-state index is 12.2. The fraction of sp³-hybridized carbons (Fsp3) is 0.429. The summed E-state index contributed by atoms with van der Waals surface area (Å²) in [6.45, 7) is 3.65. The van der Waals surface area contributed by atoms with Crippen LogP contribution in [0.5, 0.6) is 0 Å². The predicted molar refractivity (Wildman–Crippen MR) is 78.9 cm³/mol. The number of carbonyl (C=O) groups excluding carboxylic acids is 1. The Bertz CT molecular complexity index is 518. The average molecular weight is 344 g/mol. The highest BCUT2D eigenvalue weighted by Crippen LogP contribution is 2.18. The molecule has 5 nitrogen and oxygen atoms in total. The van der Waals surface area contributed by atoms with Gasteiger partial charge in [0.05, 0.1) is 18.6 Å². The van der Waals surface area contributed by atoms with E-state index in [2.05, 4.69) is 21.2 Å². The van der Waals surface area contributed by atoms with Gasteiger partial charge in [0.25, 0.3) is 5.91 Å². The van der Waals surface area contributed by atoms with Crippen molar-refractivity contribution in [1.29, 1.82) is 0 Å². The second-order valence-electron chi connectivity index (χ2n) is 4.98. The summed E-state index contributed by atoms with van der Waals surface area (Å²) in [5.74, 6) is -1.31. The third-order valence-electron chi connectivity index (χ3n) is 2.84. The Balaban J connectivity index is 2.89. The summed E-state index contributed by atoms with van der Waals surface area (Å²) in [6.07, 6.45) is -0.206. The first-order valence-corrected chi connectivity index (χ1v) is 6.86. The molecule has 0 spiro atoms. The fourth-order valence-corrected chi connectivity index (χ4v) is 2.16. The highest BCUT2D eigenvalue weighted by molar-refractivity contribution is 9.10. The number of methoxy groups -OCH3 is 1. The van der Waals surface area contributed by atoms with Crippen LogP contribution in [-0.2, 0) is 9.53 Å². The molecule has 1 unspecified atom stereocenters. The molecule has 20 heavy (non-hydrogen) atoms. The van der Waals surface area contributed by atoms with Crippen LogP contribution in [0.15, 0.2) is 22.7 Å². The first-order valence-electron chi connectivity index (χ1n) is 6.07. The lowest BCUT2D eigenvalue weighted by molar-refractivity contribution is -0.139. The SMILES string of the molecule is COCC(C)(CC(=O)O)NC(=O)c1ccc(Br)c(C)c1. The molecule has 1 aromatic carbocycles. The van der Waals surface area contributed by atoms with Crippen LogP contribution in [0.3, 0.4) is 0 Å². The Labute approximate surface area is 126 Å². The highest BCUT2D eigenvalue weighted by Gasteiger charge is 2.30. The number of nitrogens with one attached hydrogen (secondary N) is 1. The fourth-order valence-electron chi connectivity index (χ4n) is 1.92. The zero-order chi connectivity index (χ0) is 15.3. The van der Waals surface area contributed by atoms with Crippen LogP contribution < -0.4 is 5.32 Å². The average Bonchev–Trinajstić information content (AvgIpc) is 2.31. The Hall–Kier alpha value is -1.40. The second kappa shape index (κ2) is 6.85. The van der Waals surface area contributed by atoms with Crippen LogP contribution in [0.2, 0.25) is 0 Å². The van der Waals surface area contributed by atoms with Gasteiger partial charge in [0, 0.05) is 17.1 Å². The Kier molecular flexibility index (Phi) is 5.71. The molecule has 1 aromatic rings. The predicted octanol–water partition coefficient (Wildman–Crippen LogP) is 2.37. The standard InChI is InChI=1S/C14H18BrNO4/c1-9-6-10(4-5-11(9)15)13(19)16-14(2,8-20-3)7-12(17)18/h4-6H,7-8H2,1-3H3,(H,16,19)(H,17,18). The molecule has 0 fully saturated rings. The van der Waals surface area contributed by atoms with Crippen molar-refractivity contribution < 1.29 is 19.4 Å². The largest absolute Gasteiger partial charge is 0.481 e. The van der Waals surface area contributed by atoms with Crippen molar-refractivity contribution in [2.45, 2.75) is 25.8 Å². The van der Waals surface area contributed by atoms with Gasteiger partial charge in [0.2, 0.25) is 0 Å². The van der Waals surface area contributed by atoms with Gasteiger partial charge in [0.15, 0.2) is 0 Å². The molecule has 110 valence electrons. The van der Waals surface area contributed by atoms with Crippen LogP contribution >= 0.6 is 15.9 Å². The van der Waals surface area contributed by atoms with E-state index < -0.39 is 11.5 Å². The number of hydrogen-bond acceptors (Lipinski definition) is 3. The van der Waals surface area contributed by atoms with E-state index in [4.69, 9.17) is 9.84 Å². The van der Waals surface area contributed by atoms with E-state index >= 15 is 0 Å². The van der Waals surface area contributed by atoms with Gasteiger partial charge in [-0.1, -0.05) is 15.9 Å². The number of amides is 1. The highest BCUT2D eigenvalue weighted by atomic mass is 79.9. The number of benzene rings is 1. The molecule has 1 amide bonds. The molecular formula is C14H18BrNO4. The van der Waals surface area contributed by atoms with Crippen LogP contribution in [-0.4, -0.2) is 36.2 Å². The maximum absolute atomic E-state index is 12.2. The number of ether oxygens (including phenoxy) is 1. The normalized spacial score (nSPS) is 13.6. The van der Waals surface area contributed by atoms with Gasteiger partial charge in [-0.25, -0.2) is 0 Å². The number of carboxylic acid groups (broad SMARTS) is 1. The van der Waals surface area contributed by atoms with Crippen molar-refractivity contribution in [3.05, 3.63) is 33.8 Å². The van der Waals surface area contributed by atoms with Crippen molar-refractivity contribution in [2.75, 3.05) is 13.7 Å². The van der Waals surface area contributed by atoms with E-state index in [1.807, 2.05) is 6.92 Å². The first-order chi connectivity index (χ1) is 9.27. The quantitative estimate of drug-likeness (QED) is 0.831. The molecule has 0 aliphatic heterocycles. The number of carboxylic acids is 1. The van der Waals surface area contributed by atoms with Crippen LogP contribution in [0, 0.1) is 6.92 Å². The third kappa shape index (κ3) is 4.61. The van der Waals surface area contributed by atoms with Crippen molar-refractivity contribution in [2.24, 2.45) is 0 Å². The van der Waals surface area contributed by atoms with Crippen molar-refractivity contribution in [3.8, 4) is 0 Å². The van der Waals surface area contributed by atoms with E-state index in [0.717, 1.165) is 10.0 Å². The van der Waals surface area contributed by atoms with Crippen LogP contribution in [0.1, 0.15) is 29.3 Å². The molecular weight excluding hydrogens is 326 g/mol. The monoisotopic (exact) mass is 343 g/mol. The van der Waals surface area contributed by atoms with Gasteiger partial charge in [-0.15, -0.1) is 0 Å². The first kappa shape index (κ1) is 16.7. The molecule has 2 N–H and O–H groups in total. The molecule has 0 aromatic heterocycles. The van der Waals surface area contributed by atoms with Gasteiger partial charge in [-0.2, -0.15) is 0 Å². The van der Waals surface area contributed by atoms with Crippen LogP contribution in [0.4, 0.5) is 0 Å². The maximum Gasteiger partial charge on any atom is 0.305 e. The lowest BCUT2D eigenvalue weighted by atomic mass is 9.98. The van der Waals surface area contributed by atoms with Gasteiger partial charge in [-0.05, 0) is 37.6 Å². The number of hydrogen-bond donors (Lipinski definition) is 2. The van der Waals surface area contributed by atoms with Crippen molar-refractivity contribution in [1.82, 2.24) is 5.32 Å². The molecule has 6 heteroatoms. The summed E-state index contributed by atoms with van der Waals surface area (Å²) >= 11 is 3.37. The van der Waals surface area contributed by atoms with Crippen molar-refractivity contribution >= 4 is 27.8 Å². The zero-order valence-corrected chi connectivity index (χ0v) is 13.3. The lowest BCUT2D eigenvalue weighted by Crippen LogP contribution is -2.50. The lowest BCUT2D eigenvalue weighted by Gasteiger charge is -2.28. The molecule has 0 aliphatic rings. The number of halogens is 1. The molecule has 1 atom stereocenters. The van der Waals surface area contributed by atoms with E-state index in [-0.39, 0.29) is 18.9 Å². The minimum absolute atomic E-state index is 0.126.